The molecule has 0 fully saturated rings. The highest BCUT2D eigenvalue weighted by Crippen LogP contribution is 2.25. The Morgan fingerprint density at radius 3 is 2.42 bits per heavy atom. The van der Waals surface area contributed by atoms with Crippen molar-refractivity contribution in [3.05, 3.63) is 65.2 Å². The van der Waals surface area contributed by atoms with Gasteiger partial charge in [0.25, 0.3) is 0 Å². The van der Waals surface area contributed by atoms with Gasteiger partial charge in [-0.3, -0.25) is 4.79 Å². The lowest BCUT2D eigenvalue weighted by molar-refractivity contribution is -0.113. The lowest BCUT2D eigenvalue weighted by Gasteiger charge is -2.08. The number of carbonyl (C=O) groups excluding carboxylic acids is 1. The predicted molar refractivity (Wildman–Crippen MR) is 116 cm³/mol. The molecule has 1 heterocycles. The normalized spacial score (nSPS) is 11.5. The van der Waals surface area contributed by atoms with Crippen molar-refractivity contribution >= 4 is 32.8 Å². The molecule has 31 heavy (non-hydrogen) atoms. The summed E-state index contributed by atoms with van der Waals surface area (Å²) >= 11 is 1.34. The van der Waals surface area contributed by atoms with Gasteiger partial charge in [-0.05, 0) is 36.2 Å². The SMILES string of the molecule is CCc1ccc(-c2nc(CS(=O)(=O)CC(=O)Nc3ccc(OC(F)F)cc3)cs2)cc1. The summed E-state index contributed by atoms with van der Waals surface area (Å²) in [5, 5.41) is 4.81. The van der Waals surface area contributed by atoms with E-state index < -0.39 is 28.1 Å². The fraction of sp³-hybridized carbons (Fsp3) is 0.238. The highest BCUT2D eigenvalue weighted by molar-refractivity contribution is 7.91. The highest BCUT2D eigenvalue weighted by Gasteiger charge is 2.20. The molecular formula is C21H20F2N2O4S2. The van der Waals surface area contributed by atoms with Gasteiger partial charge >= 0.3 is 6.61 Å². The first kappa shape index (κ1) is 22.8. The summed E-state index contributed by atoms with van der Waals surface area (Å²) in [6.45, 7) is -0.887. The lowest BCUT2D eigenvalue weighted by atomic mass is 10.1. The van der Waals surface area contributed by atoms with Crippen LogP contribution in [0.3, 0.4) is 0 Å². The summed E-state index contributed by atoms with van der Waals surface area (Å²) in [4.78, 5) is 16.5. The smallest absolute Gasteiger partial charge is 0.387 e. The number of aromatic nitrogens is 1. The Hall–Kier alpha value is -2.85. The summed E-state index contributed by atoms with van der Waals surface area (Å²) in [7, 11) is -3.75. The number of hydrogen-bond acceptors (Lipinski definition) is 6. The van der Waals surface area contributed by atoms with E-state index in [1.54, 1.807) is 5.38 Å². The molecule has 0 unspecified atom stereocenters. The van der Waals surface area contributed by atoms with Crippen LogP contribution >= 0.6 is 11.3 Å². The standard InChI is InChI=1S/C21H20F2N2O4S2/c1-2-14-3-5-15(6-4-14)20-25-17(11-30-20)12-31(27,28)13-19(26)24-16-7-9-18(10-8-16)29-21(22)23/h3-11,21H,2,12-13H2,1H3,(H,24,26). The monoisotopic (exact) mass is 466 g/mol. The summed E-state index contributed by atoms with van der Waals surface area (Å²) < 4.78 is 53.4. The summed E-state index contributed by atoms with van der Waals surface area (Å²) in [5.41, 5.74) is 2.75. The number of ether oxygens (including phenoxy) is 1. The third-order valence-electron chi connectivity index (χ3n) is 4.24. The largest absolute Gasteiger partial charge is 0.435 e. The number of aryl methyl sites for hydroxylation is 1. The molecule has 0 aliphatic rings. The zero-order valence-electron chi connectivity index (χ0n) is 16.5. The second kappa shape index (κ2) is 9.97. The number of nitrogens with one attached hydrogen (secondary N) is 1. The fourth-order valence-corrected chi connectivity index (χ4v) is 4.89. The molecule has 10 heteroatoms. The number of carbonyl (C=O) groups is 1. The topological polar surface area (TPSA) is 85.4 Å². The Morgan fingerprint density at radius 1 is 1.13 bits per heavy atom. The van der Waals surface area contributed by atoms with E-state index in [4.69, 9.17) is 0 Å². The third kappa shape index (κ3) is 6.83. The number of anilines is 1. The average Bonchev–Trinajstić information content (AvgIpc) is 3.16. The number of hydrogen-bond donors (Lipinski definition) is 1. The van der Waals surface area contributed by atoms with Crippen LogP contribution in [0, 0.1) is 0 Å². The van der Waals surface area contributed by atoms with Crippen molar-refractivity contribution in [2.24, 2.45) is 0 Å². The molecule has 0 saturated carbocycles. The number of benzene rings is 2. The van der Waals surface area contributed by atoms with E-state index in [2.05, 4.69) is 22.0 Å². The van der Waals surface area contributed by atoms with Gasteiger partial charge in [0, 0.05) is 16.6 Å². The Labute approximate surface area is 182 Å². The van der Waals surface area contributed by atoms with Crippen LogP contribution in [0.15, 0.2) is 53.9 Å². The molecule has 0 spiro atoms. The maximum Gasteiger partial charge on any atom is 0.387 e. The van der Waals surface area contributed by atoms with Gasteiger partial charge in [0.1, 0.15) is 16.5 Å². The van der Waals surface area contributed by atoms with Crippen LogP contribution in [0.1, 0.15) is 18.2 Å². The van der Waals surface area contributed by atoms with E-state index in [0.717, 1.165) is 12.0 Å². The second-order valence-corrected chi connectivity index (χ2v) is 9.60. The van der Waals surface area contributed by atoms with E-state index in [0.29, 0.717) is 10.7 Å². The van der Waals surface area contributed by atoms with Crippen LogP contribution in [-0.2, 0) is 26.8 Å². The van der Waals surface area contributed by atoms with Crippen LogP contribution in [0.4, 0.5) is 14.5 Å². The first-order valence-corrected chi connectivity index (χ1v) is 12.0. The van der Waals surface area contributed by atoms with Crippen LogP contribution in [0.5, 0.6) is 5.75 Å². The number of alkyl halides is 2. The Balaban J connectivity index is 1.58. The predicted octanol–water partition coefficient (Wildman–Crippen LogP) is 4.53. The van der Waals surface area contributed by atoms with Gasteiger partial charge in [-0.2, -0.15) is 8.78 Å². The lowest BCUT2D eigenvalue weighted by Crippen LogP contribution is -2.24. The van der Waals surface area contributed by atoms with E-state index in [9.17, 15) is 22.0 Å². The van der Waals surface area contributed by atoms with Crippen molar-refractivity contribution in [1.29, 1.82) is 0 Å². The maximum absolute atomic E-state index is 12.4. The molecular weight excluding hydrogens is 446 g/mol. The first-order valence-electron chi connectivity index (χ1n) is 9.33. The molecule has 0 radical (unpaired) electrons. The number of amides is 1. The van der Waals surface area contributed by atoms with Gasteiger partial charge in [0.2, 0.25) is 5.91 Å². The quantitative estimate of drug-likeness (QED) is 0.501. The molecule has 1 N–H and O–H groups in total. The minimum absolute atomic E-state index is 0.0655. The van der Waals surface area contributed by atoms with Crippen molar-refractivity contribution in [2.45, 2.75) is 25.7 Å². The van der Waals surface area contributed by atoms with Crippen LogP contribution < -0.4 is 10.1 Å². The summed E-state index contributed by atoms with van der Waals surface area (Å²) in [6, 6.07) is 13.1. The van der Waals surface area contributed by atoms with E-state index in [-0.39, 0.29) is 17.2 Å². The molecule has 0 saturated heterocycles. The van der Waals surface area contributed by atoms with Gasteiger partial charge in [0.05, 0.1) is 11.4 Å². The van der Waals surface area contributed by atoms with E-state index in [1.807, 2.05) is 24.3 Å². The van der Waals surface area contributed by atoms with Gasteiger partial charge in [-0.15, -0.1) is 11.3 Å². The molecule has 6 nitrogen and oxygen atoms in total. The minimum atomic E-state index is -3.75. The third-order valence-corrected chi connectivity index (χ3v) is 6.62. The molecule has 1 amide bonds. The van der Waals surface area contributed by atoms with Crippen molar-refractivity contribution in [3.63, 3.8) is 0 Å². The fourth-order valence-electron chi connectivity index (χ4n) is 2.78. The number of nitrogens with zero attached hydrogens (tertiary/aromatic N) is 1. The van der Waals surface area contributed by atoms with E-state index in [1.165, 1.54) is 41.2 Å². The van der Waals surface area contributed by atoms with Crippen molar-refractivity contribution < 1.29 is 26.7 Å². The first-order chi connectivity index (χ1) is 14.7. The number of sulfone groups is 1. The zero-order valence-corrected chi connectivity index (χ0v) is 18.2. The van der Waals surface area contributed by atoms with Gasteiger partial charge < -0.3 is 10.1 Å². The number of rotatable bonds is 9. The van der Waals surface area contributed by atoms with Crippen LogP contribution in [-0.4, -0.2) is 31.7 Å². The van der Waals surface area contributed by atoms with Crippen molar-refractivity contribution in [3.8, 4) is 16.3 Å². The molecule has 3 rings (SSSR count). The molecule has 3 aromatic rings. The molecule has 0 aliphatic carbocycles. The molecule has 2 aromatic carbocycles. The van der Waals surface area contributed by atoms with Gasteiger partial charge in [0.15, 0.2) is 9.84 Å². The van der Waals surface area contributed by atoms with Crippen LogP contribution in [0.25, 0.3) is 10.6 Å². The van der Waals surface area contributed by atoms with Gasteiger partial charge in [-0.25, -0.2) is 13.4 Å². The zero-order chi connectivity index (χ0) is 22.4. The van der Waals surface area contributed by atoms with Crippen molar-refractivity contribution in [2.75, 3.05) is 11.1 Å². The summed E-state index contributed by atoms with van der Waals surface area (Å²) in [5.74, 6) is -1.87. The Kier molecular flexibility index (Phi) is 7.34. The molecule has 164 valence electrons. The van der Waals surface area contributed by atoms with Gasteiger partial charge in [-0.1, -0.05) is 31.2 Å². The average molecular weight is 467 g/mol. The Bertz CT molecular complexity index is 1130. The Morgan fingerprint density at radius 2 is 1.81 bits per heavy atom. The second-order valence-electron chi connectivity index (χ2n) is 6.68. The van der Waals surface area contributed by atoms with Crippen molar-refractivity contribution in [1.82, 2.24) is 4.98 Å². The maximum atomic E-state index is 12.4. The molecule has 0 atom stereocenters. The summed E-state index contributed by atoms with van der Waals surface area (Å²) in [6.07, 6.45) is 0.928. The number of thiazole rings is 1. The minimum Gasteiger partial charge on any atom is -0.435 e. The molecule has 1 aromatic heterocycles. The van der Waals surface area contributed by atoms with Crippen LogP contribution in [0.2, 0.25) is 0 Å². The number of halogens is 2. The highest BCUT2D eigenvalue weighted by atomic mass is 32.2. The van der Waals surface area contributed by atoms with E-state index >= 15 is 0 Å². The molecule has 0 bridgehead atoms. The molecule has 0 aliphatic heterocycles.